The van der Waals surface area contributed by atoms with Crippen LogP contribution in [0.1, 0.15) is 5.56 Å². The third-order valence-corrected chi connectivity index (χ3v) is 4.12. The number of amides is 1. The number of rotatable bonds is 5. The molecule has 0 aromatic heterocycles. The Morgan fingerprint density at radius 1 is 1.15 bits per heavy atom. The molecule has 2 rings (SSSR count). The molecule has 0 saturated carbocycles. The fourth-order valence-corrected chi connectivity index (χ4v) is 2.87. The Kier molecular flexibility index (Phi) is 5.50. The van der Waals surface area contributed by atoms with Crippen molar-refractivity contribution >= 4 is 35.0 Å². The van der Waals surface area contributed by atoms with Gasteiger partial charge in [-0.1, -0.05) is 41.9 Å². The van der Waals surface area contributed by atoms with Crippen LogP contribution in [0, 0.1) is 0 Å². The molecule has 0 unspecified atom stereocenters. The van der Waals surface area contributed by atoms with Gasteiger partial charge in [0.25, 0.3) is 0 Å². The first-order valence-electron chi connectivity index (χ1n) is 6.30. The highest BCUT2D eigenvalue weighted by Gasteiger charge is 2.10. The average molecular weight is 306 g/mol. The molecule has 0 spiro atoms. The molecule has 0 heterocycles. The maximum Gasteiger partial charge on any atom is 0.236 e. The highest BCUT2D eigenvalue weighted by Crippen LogP contribution is 2.18. The summed E-state index contributed by atoms with van der Waals surface area (Å²) < 4.78 is 0. The summed E-state index contributed by atoms with van der Waals surface area (Å²) >= 11 is 7.53. The zero-order valence-corrected chi connectivity index (χ0v) is 12.8. The highest BCUT2D eigenvalue weighted by molar-refractivity contribution is 7.99. The van der Waals surface area contributed by atoms with Gasteiger partial charge in [-0.25, -0.2) is 0 Å². The molecule has 0 radical (unpaired) electrons. The SMILES string of the molecule is CN(C(=O)CSCc1cccc(Cl)c1)c1ccccc1. The van der Waals surface area contributed by atoms with Crippen LogP contribution < -0.4 is 4.90 Å². The Labute approximate surface area is 128 Å². The van der Waals surface area contributed by atoms with Crippen LogP contribution >= 0.6 is 23.4 Å². The van der Waals surface area contributed by atoms with Gasteiger partial charge in [0.2, 0.25) is 5.91 Å². The Balaban J connectivity index is 1.83. The minimum atomic E-state index is 0.100. The van der Waals surface area contributed by atoms with Gasteiger partial charge in [0.15, 0.2) is 0 Å². The van der Waals surface area contributed by atoms with E-state index in [4.69, 9.17) is 11.6 Å². The second-order valence-corrected chi connectivity index (χ2v) is 5.83. The van der Waals surface area contributed by atoms with Gasteiger partial charge in [0.05, 0.1) is 5.75 Å². The van der Waals surface area contributed by atoms with Crippen molar-refractivity contribution in [2.75, 3.05) is 17.7 Å². The molecule has 2 nitrogen and oxygen atoms in total. The van der Waals surface area contributed by atoms with Crippen molar-refractivity contribution in [3.8, 4) is 0 Å². The number of carbonyl (C=O) groups is 1. The van der Waals surface area contributed by atoms with Gasteiger partial charge in [-0.05, 0) is 29.8 Å². The van der Waals surface area contributed by atoms with Crippen molar-refractivity contribution in [2.45, 2.75) is 5.75 Å². The molecule has 0 bridgehead atoms. The Hall–Kier alpha value is -1.45. The maximum absolute atomic E-state index is 12.1. The molecule has 0 atom stereocenters. The smallest absolute Gasteiger partial charge is 0.236 e. The molecule has 2 aromatic carbocycles. The zero-order valence-electron chi connectivity index (χ0n) is 11.3. The molecule has 104 valence electrons. The van der Waals surface area contributed by atoms with Crippen molar-refractivity contribution in [1.29, 1.82) is 0 Å². The number of para-hydroxylation sites is 1. The van der Waals surface area contributed by atoms with Crippen molar-refractivity contribution in [3.63, 3.8) is 0 Å². The summed E-state index contributed by atoms with van der Waals surface area (Å²) in [6.07, 6.45) is 0. The third kappa shape index (κ3) is 4.29. The predicted molar refractivity (Wildman–Crippen MR) is 87.5 cm³/mol. The quantitative estimate of drug-likeness (QED) is 0.823. The fraction of sp³-hybridized carbons (Fsp3) is 0.188. The summed E-state index contributed by atoms with van der Waals surface area (Å²) in [5, 5.41) is 0.732. The van der Waals surface area contributed by atoms with E-state index in [9.17, 15) is 4.79 Å². The summed E-state index contributed by atoms with van der Waals surface area (Å²) in [5.74, 6) is 1.34. The topological polar surface area (TPSA) is 20.3 Å². The van der Waals surface area contributed by atoms with E-state index in [0.29, 0.717) is 5.75 Å². The van der Waals surface area contributed by atoms with Crippen LogP contribution in [0.3, 0.4) is 0 Å². The Morgan fingerprint density at radius 3 is 2.60 bits per heavy atom. The predicted octanol–water partition coefficient (Wildman–Crippen LogP) is 4.24. The van der Waals surface area contributed by atoms with Gasteiger partial charge in [-0.15, -0.1) is 11.8 Å². The Bertz CT molecular complexity index is 574. The molecular weight excluding hydrogens is 290 g/mol. The maximum atomic E-state index is 12.1. The van der Waals surface area contributed by atoms with Crippen LogP contribution in [0.2, 0.25) is 5.02 Å². The molecule has 0 aliphatic rings. The summed E-state index contributed by atoms with van der Waals surface area (Å²) in [5.41, 5.74) is 2.05. The molecule has 0 aliphatic carbocycles. The molecule has 0 fully saturated rings. The van der Waals surface area contributed by atoms with Crippen LogP contribution in [0.25, 0.3) is 0 Å². The van der Waals surface area contributed by atoms with E-state index in [1.54, 1.807) is 23.7 Å². The van der Waals surface area contributed by atoms with Gasteiger partial charge in [-0.2, -0.15) is 0 Å². The molecule has 20 heavy (non-hydrogen) atoms. The standard InChI is InChI=1S/C16H16ClNOS/c1-18(15-8-3-2-4-9-15)16(19)12-20-11-13-6-5-7-14(17)10-13/h2-10H,11-12H2,1H3. The monoisotopic (exact) mass is 305 g/mol. The molecule has 0 N–H and O–H groups in total. The molecular formula is C16H16ClNOS. The van der Waals surface area contributed by atoms with Gasteiger partial charge >= 0.3 is 0 Å². The van der Waals surface area contributed by atoms with Gasteiger partial charge in [0, 0.05) is 23.5 Å². The number of hydrogen-bond acceptors (Lipinski definition) is 2. The number of carbonyl (C=O) groups excluding carboxylic acids is 1. The first-order valence-corrected chi connectivity index (χ1v) is 7.84. The summed E-state index contributed by atoms with van der Waals surface area (Å²) in [7, 11) is 1.80. The lowest BCUT2D eigenvalue weighted by atomic mass is 10.2. The summed E-state index contributed by atoms with van der Waals surface area (Å²) in [4.78, 5) is 13.8. The van der Waals surface area contributed by atoms with Crippen molar-refractivity contribution in [2.24, 2.45) is 0 Å². The molecule has 2 aromatic rings. The van der Waals surface area contributed by atoms with Gasteiger partial charge in [0.1, 0.15) is 0 Å². The minimum Gasteiger partial charge on any atom is -0.315 e. The molecule has 1 amide bonds. The van der Waals surface area contributed by atoms with Crippen molar-refractivity contribution in [1.82, 2.24) is 0 Å². The molecule has 4 heteroatoms. The van der Waals surface area contributed by atoms with Crippen LogP contribution in [-0.4, -0.2) is 18.7 Å². The van der Waals surface area contributed by atoms with E-state index >= 15 is 0 Å². The van der Waals surface area contributed by atoms with E-state index in [2.05, 4.69) is 0 Å². The van der Waals surface area contributed by atoms with Crippen molar-refractivity contribution in [3.05, 3.63) is 65.2 Å². The van der Waals surface area contributed by atoms with Crippen LogP contribution in [0.15, 0.2) is 54.6 Å². The first kappa shape index (κ1) is 14.9. The third-order valence-electron chi connectivity index (χ3n) is 2.90. The summed E-state index contributed by atoms with van der Waals surface area (Å²) in [6, 6.07) is 17.4. The average Bonchev–Trinajstić information content (AvgIpc) is 2.47. The molecule has 0 aliphatic heterocycles. The molecule has 0 saturated heterocycles. The summed E-state index contributed by atoms with van der Waals surface area (Å²) in [6.45, 7) is 0. The number of thioether (sulfide) groups is 1. The fourth-order valence-electron chi connectivity index (χ4n) is 1.78. The lowest BCUT2D eigenvalue weighted by molar-refractivity contribution is -0.115. The zero-order chi connectivity index (χ0) is 14.4. The van der Waals surface area contributed by atoms with Crippen LogP contribution in [-0.2, 0) is 10.5 Å². The van der Waals surface area contributed by atoms with Crippen molar-refractivity contribution < 1.29 is 4.79 Å². The van der Waals surface area contributed by atoms with Crippen LogP contribution in [0.5, 0.6) is 0 Å². The van der Waals surface area contributed by atoms with E-state index in [1.807, 2.05) is 54.6 Å². The van der Waals surface area contributed by atoms with Gasteiger partial charge in [-0.3, -0.25) is 4.79 Å². The van der Waals surface area contributed by atoms with E-state index in [1.165, 1.54) is 0 Å². The van der Waals surface area contributed by atoms with Crippen LogP contribution in [0.4, 0.5) is 5.69 Å². The van der Waals surface area contributed by atoms with E-state index in [-0.39, 0.29) is 5.91 Å². The van der Waals surface area contributed by atoms with E-state index in [0.717, 1.165) is 22.0 Å². The lowest BCUT2D eigenvalue weighted by Gasteiger charge is -2.16. The first-order chi connectivity index (χ1) is 9.66. The number of benzene rings is 2. The minimum absolute atomic E-state index is 0.100. The normalized spacial score (nSPS) is 10.3. The lowest BCUT2D eigenvalue weighted by Crippen LogP contribution is -2.27. The number of hydrogen-bond donors (Lipinski definition) is 0. The second-order valence-electron chi connectivity index (χ2n) is 4.41. The number of halogens is 1. The Morgan fingerprint density at radius 2 is 1.90 bits per heavy atom. The van der Waals surface area contributed by atoms with E-state index < -0.39 is 0 Å². The second kappa shape index (κ2) is 7.36. The number of anilines is 1. The largest absolute Gasteiger partial charge is 0.315 e. The highest BCUT2D eigenvalue weighted by atomic mass is 35.5. The van der Waals surface area contributed by atoms with Gasteiger partial charge < -0.3 is 4.90 Å². The number of nitrogens with zero attached hydrogens (tertiary/aromatic N) is 1.